The molecule has 2 aromatic carbocycles. The number of benzene rings is 2. The monoisotopic (exact) mass is 381 g/mol. The first-order chi connectivity index (χ1) is 13.1. The number of hydrogen-bond donors (Lipinski definition) is 2. The maximum Gasteiger partial charge on any atom is 0.326 e. The van der Waals surface area contributed by atoms with E-state index in [0.29, 0.717) is 22.3 Å². The molecule has 1 atom stereocenters. The van der Waals surface area contributed by atoms with Crippen LogP contribution in [-0.4, -0.2) is 37.0 Å². The van der Waals surface area contributed by atoms with Gasteiger partial charge in [-0.1, -0.05) is 35.6 Å². The summed E-state index contributed by atoms with van der Waals surface area (Å²) < 4.78 is 2.49. The Morgan fingerprint density at radius 1 is 1.30 bits per heavy atom. The summed E-state index contributed by atoms with van der Waals surface area (Å²) in [5.41, 5.74) is 2.40. The number of hydrogen-bond acceptors (Lipinski definition) is 5. The van der Waals surface area contributed by atoms with Crippen LogP contribution in [0.3, 0.4) is 0 Å². The van der Waals surface area contributed by atoms with Gasteiger partial charge in [0, 0.05) is 5.56 Å². The van der Waals surface area contributed by atoms with Crippen LogP contribution in [0.15, 0.2) is 47.5 Å². The van der Waals surface area contributed by atoms with Crippen molar-refractivity contribution in [2.24, 2.45) is 4.99 Å². The van der Waals surface area contributed by atoms with E-state index in [0.717, 1.165) is 15.7 Å². The number of H-pyrrole nitrogens is 1. The molecule has 0 bridgehead atoms. The van der Waals surface area contributed by atoms with Gasteiger partial charge in [0.15, 0.2) is 4.80 Å². The Bertz CT molecular complexity index is 1240. The number of nitrogens with one attached hydrogen (secondary N) is 1. The van der Waals surface area contributed by atoms with Crippen molar-refractivity contribution < 1.29 is 14.7 Å². The number of para-hydroxylation sites is 1. The zero-order valence-electron chi connectivity index (χ0n) is 14.3. The number of fused-ring (bicyclic) bond motifs is 2. The minimum Gasteiger partial charge on any atom is -0.480 e. The molecule has 0 saturated carbocycles. The molecule has 0 aliphatic carbocycles. The van der Waals surface area contributed by atoms with Gasteiger partial charge in [-0.3, -0.25) is 9.89 Å². The van der Waals surface area contributed by atoms with E-state index in [1.807, 2.05) is 24.3 Å². The van der Waals surface area contributed by atoms with Crippen LogP contribution in [0, 0.1) is 0 Å². The third-order valence-corrected chi connectivity index (χ3v) is 5.32. The molecule has 8 nitrogen and oxygen atoms in total. The molecule has 9 heteroatoms. The van der Waals surface area contributed by atoms with Crippen LogP contribution in [0.1, 0.15) is 29.7 Å². The molecule has 2 N–H and O–H groups in total. The Kier molecular flexibility index (Phi) is 4.28. The summed E-state index contributed by atoms with van der Waals surface area (Å²) in [4.78, 5) is 29.0. The number of nitrogens with zero attached hydrogens (tertiary/aromatic N) is 4. The molecule has 0 radical (unpaired) electrons. The van der Waals surface area contributed by atoms with E-state index >= 15 is 0 Å². The largest absolute Gasteiger partial charge is 0.480 e. The molecule has 27 heavy (non-hydrogen) atoms. The highest BCUT2D eigenvalue weighted by Gasteiger charge is 2.22. The molecule has 1 unspecified atom stereocenters. The summed E-state index contributed by atoms with van der Waals surface area (Å²) in [5.74, 6) is -1.42. The van der Waals surface area contributed by atoms with E-state index in [1.165, 1.54) is 11.3 Å². The lowest BCUT2D eigenvalue weighted by Crippen LogP contribution is -2.27. The van der Waals surface area contributed by atoms with Gasteiger partial charge in [-0.2, -0.15) is 4.99 Å². The number of thiazole rings is 1. The molecule has 4 aromatic rings. The van der Waals surface area contributed by atoms with Gasteiger partial charge in [0.25, 0.3) is 5.91 Å². The Morgan fingerprint density at radius 3 is 2.89 bits per heavy atom. The predicted octanol–water partition coefficient (Wildman–Crippen LogP) is 2.75. The molecular weight excluding hydrogens is 366 g/mol. The molecule has 0 spiro atoms. The van der Waals surface area contributed by atoms with Crippen molar-refractivity contribution in [3.63, 3.8) is 0 Å². The number of amides is 1. The Labute approximate surface area is 156 Å². The highest BCUT2D eigenvalue weighted by molar-refractivity contribution is 7.16. The van der Waals surface area contributed by atoms with Crippen LogP contribution in [-0.2, 0) is 4.79 Å². The molecule has 0 fully saturated rings. The van der Waals surface area contributed by atoms with E-state index < -0.39 is 17.9 Å². The second-order valence-corrected chi connectivity index (χ2v) is 6.95. The van der Waals surface area contributed by atoms with Gasteiger partial charge in [0.1, 0.15) is 11.6 Å². The molecule has 2 heterocycles. The van der Waals surface area contributed by atoms with E-state index in [9.17, 15) is 14.7 Å². The third-order valence-electron chi connectivity index (χ3n) is 4.29. The Hall–Kier alpha value is -3.33. The van der Waals surface area contributed by atoms with E-state index in [2.05, 4.69) is 20.4 Å². The number of aromatic amines is 1. The van der Waals surface area contributed by atoms with Crippen LogP contribution in [0.4, 0.5) is 0 Å². The fraction of sp³-hybridized carbons (Fsp3) is 0.167. The van der Waals surface area contributed by atoms with Crippen LogP contribution in [0.5, 0.6) is 0 Å². The normalized spacial score (nSPS) is 13.3. The maximum absolute atomic E-state index is 12.7. The first kappa shape index (κ1) is 17.1. The Morgan fingerprint density at radius 2 is 2.11 bits per heavy atom. The summed E-state index contributed by atoms with van der Waals surface area (Å²) in [5, 5.41) is 19.9. The summed E-state index contributed by atoms with van der Waals surface area (Å²) in [6, 6.07) is 11.6. The molecule has 0 aliphatic heterocycles. The van der Waals surface area contributed by atoms with Crippen molar-refractivity contribution in [1.82, 2.24) is 20.0 Å². The summed E-state index contributed by atoms with van der Waals surface area (Å²) in [7, 11) is 0. The molecule has 4 rings (SSSR count). The van der Waals surface area contributed by atoms with Crippen molar-refractivity contribution in [2.75, 3.05) is 0 Å². The number of carbonyl (C=O) groups excluding carboxylic acids is 1. The zero-order valence-corrected chi connectivity index (χ0v) is 15.1. The van der Waals surface area contributed by atoms with Crippen molar-refractivity contribution in [3.8, 4) is 0 Å². The van der Waals surface area contributed by atoms with Gasteiger partial charge in [-0.25, -0.2) is 4.79 Å². The van der Waals surface area contributed by atoms with Crippen molar-refractivity contribution in [2.45, 2.75) is 19.4 Å². The molecule has 0 aliphatic rings. The van der Waals surface area contributed by atoms with Crippen molar-refractivity contribution in [1.29, 1.82) is 0 Å². The quantitative estimate of drug-likeness (QED) is 0.564. The van der Waals surface area contributed by atoms with E-state index in [4.69, 9.17) is 0 Å². The second kappa shape index (κ2) is 6.76. The minimum absolute atomic E-state index is 0.357. The third kappa shape index (κ3) is 3.02. The van der Waals surface area contributed by atoms with Gasteiger partial charge in [-0.05, 0) is 36.8 Å². The lowest BCUT2D eigenvalue weighted by Gasteiger charge is -2.13. The highest BCUT2D eigenvalue weighted by atomic mass is 32.1. The summed E-state index contributed by atoms with van der Waals surface area (Å²) in [6.07, 6.45) is 0.377. The van der Waals surface area contributed by atoms with Crippen molar-refractivity contribution >= 4 is 44.5 Å². The number of carboxylic acid groups (broad SMARTS) is 1. The average Bonchev–Trinajstić information content (AvgIpc) is 3.26. The van der Waals surface area contributed by atoms with Crippen LogP contribution >= 0.6 is 11.3 Å². The van der Waals surface area contributed by atoms with Gasteiger partial charge < -0.3 is 9.67 Å². The SMILES string of the molecule is CCC(C(=O)O)n1/c(=N\C(=O)c2ccc3[nH]nnc3c2)sc2ccccc21. The lowest BCUT2D eigenvalue weighted by molar-refractivity contribution is -0.140. The molecule has 0 saturated heterocycles. The lowest BCUT2D eigenvalue weighted by atomic mass is 10.2. The maximum atomic E-state index is 12.7. The highest BCUT2D eigenvalue weighted by Crippen LogP contribution is 2.22. The fourth-order valence-corrected chi connectivity index (χ4v) is 4.03. The van der Waals surface area contributed by atoms with Crippen molar-refractivity contribution in [3.05, 3.63) is 52.8 Å². The number of aliphatic carboxylic acids is 1. The van der Waals surface area contributed by atoms with Gasteiger partial charge in [-0.15, -0.1) is 5.10 Å². The first-order valence-electron chi connectivity index (χ1n) is 8.31. The van der Waals surface area contributed by atoms with Gasteiger partial charge in [0.2, 0.25) is 0 Å². The number of aromatic nitrogens is 4. The van der Waals surface area contributed by atoms with Gasteiger partial charge >= 0.3 is 5.97 Å². The first-order valence-corrected chi connectivity index (χ1v) is 9.13. The number of carboxylic acids is 1. The summed E-state index contributed by atoms with van der Waals surface area (Å²) >= 11 is 1.29. The smallest absolute Gasteiger partial charge is 0.326 e. The van der Waals surface area contributed by atoms with Crippen LogP contribution in [0.25, 0.3) is 21.3 Å². The zero-order chi connectivity index (χ0) is 19.0. The fourth-order valence-electron chi connectivity index (χ4n) is 2.96. The standard InChI is InChI=1S/C18H15N5O3S/c1-2-13(17(25)26)23-14-5-3-4-6-15(14)27-18(23)19-16(24)10-7-8-11-12(9-10)21-22-20-11/h3-9,13H,2H2,1H3,(H,25,26)(H,20,21,22)/b19-18+. The van der Waals surface area contributed by atoms with Crippen LogP contribution in [0.2, 0.25) is 0 Å². The van der Waals surface area contributed by atoms with Crippen LogP contribution < -0.4 is 4.80 Å². The molecular formula is C18H15N5O3S. The second-order valence-electron chi connectivity index (χ2n) is 5.95. The van der Waals surface area contributed by atoms with Gasteiger partial charge in [0.05, 0.1) is 15.7 Å². The van der Waals surface area contributed by atoms with E-state index in [1.54, 1.807) is 29.7 Å². The average molecular weight is 381 g/mol. The number of rotatable bonds is 4. The molecule has 136 valence electrons. The predicted molar refractivity (Wildman–Crippen MR) is 101 cm³/mol. The Balaban J connectivity index is 1.89. The van der Waals surface area contributed by atoms with E-state index in [-0.39, 0.29) is 0 Å². The number of carbonyl (C=O) groups is 2. The topological polar surface area (TPSA) is 113 Å². The minimum atomic E-state index is -0.959. The molecule has 1 amide bonds. The molecule has 2 aromatic heterocycles. The summed E-state index contributed by atoms with van der Waals surface area (Å²) in [6.45, 7) is 1.79.